The van der Waals surface area contributed by atoms with Gasteiger partial charge in [0.15, 0.2) is 0 Å². The van der Waals surface area contributed by atoms with E-state index in [1.165, 1.54) is 23.7 Å². The summed E-state index contributed by atoms with van der Waals surface area (Å²) in [6.45, 7) is 2.62. The topological polar surface area (TPSA) is 20.2 Å². The fraction of sp³-hybridized carbons (Fsp3) is 1.00. The number of hydrogen-bond acceptors (Lipinski definition) is 1. The van der Waals surface area contributed by atoms with E-state index < -0.39 is 0 Å². The van der Waals surface area contributed by atoms with Crippen molar-refractivity contribution in [1.82, 2.24) is 0 Å². The lowest BCUT2D eigenvalue weighted by Gasteiger charge is -2.07. The molecule has 0 saturated carbocycles. The highest BCUT2D eigenvalue weighted by atomic mass is 127. The van der Waals surface area contributed by atoms with E-state index in [9.17, 15) is 0 Å². The van der Waals surface area contributed by atoms with Crippen LogP contribution in [0, 0.1) is 5.92 Å². The number of halogens is 1. The molecule has 0 aliphatic heterocycles. The van der Waals surface area contributed by atoms with E-state index in [4.69, 9.17) is 5.11 Å². The van der Waals surface area contributed by atoms with Crippen molar-refractivity contribution in [2.45, 2.75) is 32.6 Å². The van der Waals surface area contributed by atoms with Gasteiger partial charge in [-0.05, 0) is 36.0 Å². The standard InChI is InChI=1S/C8H17IO/c1-8(4-2-6-9)5-3-7-10/h8,10H,2-7H2,1H3. The maximum absolute atomic E-state index is 8.54. The van der Waals surface area contributed by atoms with Crippen molar-refractivity contribution < 1.29 is 5.11 Å². The molecule has 0 radical (unpaired) electrons. The molecule has 1 atom stereocenters. The van der Waals surface area contributed by atoms with E-state index >= 15 is 0 Å². The molecule has 2 heteroatoms. The van der Waals surface area contributed by atoms with Crippen LogP contribution in [0.2, 0.25) is 0 Å². The van der Waals surface area contributed by atoms with Gasteiger partial charge in [-0.2, -0.15) is 0 Å². The van der Waals surface area contributed by atoms with Gasteiger partial charge < -0.3 is 5.11 Å². The minimum atomic E-state index is 0.356. The average Bonchev–Trinajstić information content (AvgIpc) is 1.97. The maximum Gasteiger partial charge on any atom is 0.0431 e. The summed E-state index contributed by atoms with van der Waals surface area (Å²) in [6.07, 6.45) is 4.81. The molecule has 0 bridgehead atoms. The summed E-state index contributed by atoms with van der Waals surface area (Å²) in [6, 6.07) is 0. The third kappa shape index (κ3) is 6.81. The normalized spacial score (nSPS) is 13.5. The zero-order valence-corrected chi connectivity index (χ0v) is 8.80. The Morgan fingerprint density at radius 1 is 1.30 bits per heavy atom. The summed E-state index contributed by atoms with van der Waals surface area (Å²) in [5.74, 6) is 0.807. The van der Waals surface area contributed by atoms with Gasteiger partial charge in [0, 0.05) is 6.61 Å². The predicted molar refractivity (Wildman–Crippen MR) is 53.6 cm³/mol. The van der Waals surface area contributed by atoms with Crippen molar-refractivity contribution in [2.75, 3.05) is 11.0 Å². The zero-order chi connectivity index (χ0) is 7.82. The Labute approximate surface area is 77.3 Å². The van der Waals surface area contributed by atoms with Crippen LogP contribution >= 0.6 is 22.6 Å². The molecule has 0 heterocycles. The first-order valence-electron chi connectivity index (χ1n) is 3.98. The van der Waals surface area contributed by atoms with Crippen LogP contribution in [0.25, 0.3) is 0 Å². The Morgan fingerprint density at radius 3 is 2.40 bits per heavy atom. The van der Waals surface area contributed by atoms with Gasteiger partial charge in [0.2, 0.25) is 0 Å². The minimum Gasteiger partial charge on any atom is -0.396 e. The van der Waals surface area contributed by atoms with Gasteiger partial charge in [0.05, 0.1) is 0 Å². The molecule has 1 nitrogen and oxygen atoms in total. The molecule has 0 aromatic heterocycles. The summed E-state index contributed by atoms with van der Waals surface area (Å²) in [4.78, 5) is 0. The van der Waals surface area contributed by atoms with Gasteiger partial charge in [-0.15, -0.1) is 0 Å². The van der Waals surface area contributed by atoms with E-state index in [1.807, 2.05) is 0 Å². The van der Waals surface area contributed by atoms with Gasteiger partial charge in [0.25, 0.3) is 0 Å². The molecule has 0 aromatic rings. The van der Waals surface area contributed by atoms with E-state index in [0.717, 1.165) is 12.3 Å². The summed E-state index contributed by atoms with van der Waals surface area (Å²) >= 11 is 2.41. The van der Waals surface area contributed by atoms with Crippen LogP contribution in [0.3, 0.4) is 0 Å². The summed E-state index contributed by atoms with van der Waals surface area (Å²) in [5, 5.41) is 8.54. The number of hydrogen-bond donors (Lipinski definition) is 1. The predicted octanol–water partition coefficient (Wildman–Crippen LogP) is 2.61. The highest BCUT2D eigenvalue weighted by molar-refractivity contribution is 14.1. The molecule has 0 spiro atoms. The van der Waals surface area contributed by atoms with Gasteiger partial charge in [-0.25, -0.2) is 0 Å². The highest BCUT2D eigenvalue weighted by Crippen LogP contribution is 2.12. The van der Waals surface area contributed by atoms with E-state index in [0.29, 0.717) is 6.61 Å². The number of alkyl halides is 1. The van der Waals surface area contributed by atoms with Crippen molar-refractivity contribution in [3.05, 3.63) is 0 Å². The van der Waals surface area contributed by atoms with Crippen molar-refractivity contribution in [1.29, 1.82) is 0 Å². The quantitative estimate of drug-likeness (QED) is 0.572. The zero-order valence-electron chi connectivity index (χ0n) is 6.65. The molecule has 0 aliphatic carbocycles. The SMILES string of the molecule is CC(CCCO)CCCI. The van der Waals surface area contributed by atoms with Crippen molar-refractivity contribution in [3.8, 4) is 0 Å². The first-order valence-corrected chi connectivity index (χ1v) is 5.50. The number of aliphatic hydroxyl groups excluding tert-OH is 1. The second-order valence-corrected chi connectivity index (χ2v) is 3.88. The third-order valence-corrected chi connectivity index (χ3v) is 2.45. The minimum absolute atomic E-state index is 0.356. The van der Waals surface area contributed by atoms with Crippen LogP contribution in [-0.4, -0.2) is 16.1 Å². The second kappa shape index (κ2) is 7.79. The van der Waals surface area contributed by atoms with Crippen LogP contribution in [-0.2, 0) is 0 Å². The highest BCUT2D eigenvalue weighted by Gasteiger charge is 1.99. The van der Waals surface area contributed by atoms with Gasteiger partial charge >= 0.3 is 0 Å². The smallest absolute Gasteiger partial charge is 0.0431 e. The summed E-state index contributed by atoms with van der Waals surface area (Å²) in [7, 11) is 0. The maximum atomic E-state index is 8.54. The molecular formula is C8H17IO. The molecular weight excluding hydrogens is 239 g/mol. The van der Waals surface area contributed by atoms with Gasteiger partial charge in [-0.3, -0.25) is 0 Å². The van der Waals surface area contributed by atoms with E-state index in [2.05, 4.69) is 29.5 Å². The Balaban J connectivity index is 3.00. The van der Waals surface area contributed by atoms with E-state index in [1.54, 1.807) is 0 Å². The van der Waals surface area contributed by atoms with Gasteiger partial charge in [-0.1, -0.05) is 29.5 Å². The average molecular weight is 256 g/mol. The summed E-state index contributed by atoms with van der Waals surface area (Å²) in [5.41, 5.74) is 0. The fourth-order valence-corrected chi connectivity index (χ4v) is 1.45. The largest absolute Gasteiger partial charge is 0.396 e. The van der Waals surface area contributed by atoms with Crippen molar-refractivity contribution in [2.24, 2.45) is 5.92 Å². The second-order valence-electron chi connectivity index (χ2n) is 2.80. The molecule has 0 saturated heterocycles. The van der Waals surface area contributed by atoms with Gasteiger partial charge in [0.1, 0.15) is 0 Å². The van der Waals surface area contributed by atoms with Crippen LogP contribution in [0.15, 0.2) is 0 Å². The first kappa shape index (κ1) is 10.7. The fourth-order valence-electron chi connectivity index (χ4n) is 1.01. The monoisotopic (exact) mass is 256 g/mol. The Kier molecular flexibility index (Phi) is 8.33. The lowest BCUT2D eigenvalue weighted by molar-refractivity contribution is 0.271. The molecule has 0 aromatic carbocycles. The lowest BCUT2D eigenvalue weighted by Crippen LogP contribution is -1.96. The van der Waals surface area contributed by atoms with E-state index in [-0.39, 0.29) is 0 Å². The third-order valence-electron chi connectivity index (χ3n) is 1.69. The molecule has 0 rings (SSSR count). The molecule has 0 aliphatic rings. The molecule has 10 heavy (non-hydrogen) atoms. The number of aliphatic hydroxyl groups is 1. The molecule has 62 valence electrons. The van der Waals surface area contributed by atoms with Crippen molar-refractivity contribution in [3.63, 3.8) is 0 Å². The van der Waals surface area contributed by atoms with Crippen LogP contribution in [0.4, 0.5) is 0 Å². The number of rotatable bonds is 6. The molecule has 1 N–H and O–H groups in total. The van der Waals surface area contributed by atoms with Crippen molar-refractivity contribution >= 4 is 22.6 Å². The molecule has 1 unspecified atom stereocenters. The summed E-state index contributed by atoms with van der Waals surface area (Å²) < 4.78 is 1.27. The Morgan fingerprint density at radius 2 is 1.90 bits per heavy atom. The Bertz CT molecular complexity index is 58.3. The first-order chi connectivity index (χ1) is 4.81. The Hall–Kier alpha value is 0.690. The van der Waals surface area contributed by atoms with Crippen LogP contribution < -0.4 is 0 Å². The molecule has 0 amide bonds. The lowest BCUT2D eigenvalue weighted by atomic mass is 10.0. The van der Waals surface area contributed by atoms with Crippen LogP contribution in [0.5, 0.6) is 0 Å². The molecule has 0 fully saturated rings. The van der Waals surface area contributed by atoms with Crippen LogP contribution in [0.1, 0.15) is 32.6 Å².